The Hall–Kier alpha value is -3.20. The molecule has 0 fully saturated rings. The van der Waals surface area contributed by atoms with E-state index in [1.54, 1.807) is 0 Å². The van der Waals surface area contributed by atoms with Crippen molar-refractivity contribution < 1.29 is 4.52 Å². The number of hydrogen-bond donors (Lipinski definition) is 0. The summed E-state index contributed by atoms with van der Waals surface area (Å²) in [6.45, 7) is 2.07. The first-order valence-corrected chi connectivity index (χ1v) is 8.46. The third-order valence-corrected chi connectivity index (χ3v) is 4.66. The maximum atomic E-state index is 12.6. The number of aryl methyl sites for hydroxylation is 2. The minimum absolute atomic E-state index is 0.0602. The van der Waals surface area contributed by atoms with E-state index in [0.717, 1.165) is 15.7 Å². The first-order valence-electron chi connectivity index (χ1n) is 8.08. The molecular weight excluding hydrogens is 372 g/mol. The highest BCUT2D eigenvalue weighted by Gasteiger charge is 2.20. The molecule has 0 spiro atoms. The van der Waals surface area contributed by atoms with Gasteiger partial charge in [0.1, 0.15) is 0 Å². The Kier molecular flexibility index (Phi) is 3.96. The highest BCUT2D eigenvalue weighted by molar-refractivity contribution is 6.29. The van der Waals surface area contributed by atoms with E-state index in [2.05, 4.69) is 15.1 Å². The standard InChI is InChI=1S/C17H15ClN6O3/c1-9-4-6-10(7-5-9)14-19-11(21-27-14)8-24-12-13(20-16(24)18)22(2)17(26)23(3)15(12)25/h4-7H,8H2,1-3H3. The summed E-state index contributed by atoms with van der Waals surface area (Å²) < 4.78 is 9.05. The normalized spacial score (nSPS) is 11.4. The van der Waals surface area contributed by atoms with Gasteiger partial charge in [0.25, 0.3) is 11.4 Å². The number of halogens is 1. The molecule has 0 aliphatic rings. The molecule has 10 heteroatoms. The summed E-state index contributed by atoms with van der Waals surface area (Å²) in [7, 11) is 2.93. The van der Waals surface area contributed by atoms with Crippen LogP contribution in [0.15, 0.2) is 38.4 Å². The quantitative estimate of drug-likeness (QED) is 0.494. The van der Waals surface area contributed by atoms with Crippen LogP contribution in [0.2, 0.25) is 5.28 Å². The first kappa shape index (κ1) is 17.2. The van der Waals surface area contributed by atoms with Gasteiger partial charge in [-0.1, -0.05) is 22.9 Å². The van der Waals surface area contributed by atoms with Crippen molar-refractivity contribution >= 4 is 22.8 Å². The summed E-state index contributed by atoms with van der Waals surface area (Å²) in [6.07, 6.45) is 0. The van der Waals surface area contributed by atoms with Crippen LogP contribution in [0.5, 0.6) is 0 Å². The van der Waals surface area contributed by atoms with Crippen LogP contribution < -0.4 is 11.2 Å². The Morgan fingerprint density at radius 2 is 1.78 bits per heavy atom. The number of hydrogen-bond acceptors (Lipinski definition) is 6. The Balaban J connectivity index is 1.79. The van der Waals surface area contributed by atoms with E-state index in [1.165, 1.54) is 23.2 Å². The molecule has 0 amide bonds. The zero-order valence-corrected chi connectivity index (χ0v) is 15.6. The molecule has 0 unspecified atom stereocenters. The monoisotopic (exact) mass is 386 g/mol. The molecule has 1 aromatic carbocycles. The molecule has 0 aliphatic carbocycles. The van der Waals surface area contributed by atoms with Crippen molar-refractivity contribution in [2.24, 2.45) is 14.1 Å². The lowest BCUT2D eigenvalue weighted by Crippen LogP contribution is -2.37. The van der Waals surface area contributed by atoms with Gasteiger partial charge in [0.2, 0.25) is 5.28 Å². The van der Waals surface area contributed by atoms with Crippen molar-refractivity contribution in [1.29, 1.82) is 0 Å². The summed E-state index contributed by atoms with van der Waals surface area (Å²) in [4.78, 5) is 33.1. The van der Waals surface area contributed by atoms with Gasteiger partial charge in [-0.25, -0.2) is 4.79 Å². The number of rotatable bonds is 3. The molecule has 4 aromatic rings. The molecular formula is C17H15ClN6O3. The van der Waals surface area contributed by atoms with Crippen LogP contribution >= 0.6 is 11.6 Å². The van der Waals surface area contributed by atoms with Crippen molar-refractivity contribution in [3.05, 3.63) is 61.8 Å². The van der Waals surface area contributed by atoms with Gasteiger partial charge in [0.05, 0.1) is 6.54 Å². The lowest BCUT2D eigenvalue weighted by molar-refractivity contribution is 0.421. The van der Waals surface area contributed by atoms with E-state index in [-0.39, 0.29) is 23.0 Å². The van der Waals surface area contributed by atoms with E-state index < -0.39 is 11.2 Å². The van der Waals surface area contributed by atoms with Crippen LogP contribution in [0.1, 0.15) is 11.4 Å². The Morgan fingerprint density at radius 1 is 1.07 bits per heavy atom. The molecule has 138 valence electrons. The van der Waals surface area contributed by atoms with Crippen molar-refractivity contribution in [2.75, 3.05) is 0 Å². The van der Waals surface area contributed by atoms with E-state index in [4.69, 9.17) is 16.1 Å². The van der Waals surface area contributed by atoms with Gasteiger partial charge < -0.3 is 9.09 Å². The molecule has 0 radical (unpaired) electrons. The molecule has 0 bridgehead atoms. The smallest absolute Gasteiger partial charge is 0.332 e. The molecule has 3 aromatic heterocycles. The summed E-state index contributed by atoms with van der Waals surface area (Å²) in [5, 5.41) is 4.02. The highest BCUT2D eigenvalue weighted by Crippen LogP contribution is 2.20. The van der Waals surface area contributed by atoms with Gasteiger partial charge in [0, 0.05) is 19.7 Å². The van der Waals surface area contributed by atoms with Gasteiger partial charge in [-0.15, -0.1) is 0 Å². The predicted octanol–water partition coefficient (Wildman–Crippen LogP) is 1.49. The second kappa shape index (κ2) is 6.20. The molecule has 0 N–H and O–H groups in total. The topological polar surface area (TPSA) is 101 Å². The molecule has 0 aliphatic heterocycles. The van der Waals surface area contributed by atoms with Crippen LogP contribution in [-0.4, -0.2) is 28.8 Å². The average molecular weight is 387 g/mol. The van der Waals surface area contributed by atoms with Crippen LogP contribution in [0, 0.1) is 6.92 Å². The van der Waals surface area contributed by atoms with Gasteiger partial charge in [0.15, 0.2) is 17.0 Å². The van der Waals surface area contributed by atoms with Crippen molar-refractivity contribution in [3.63, 3.8) is 0 Å². The van der Waals surface area contributed by atoms with Gasteiger partial charge in [-0.3, -0.25) is 13.9 Å². The largest absolute Gasteiger partial charge is 0.334 e. The maximum Gasteiger partial charge on any atom is 0.332 e. The Labute approximate surface area is 157 Å². The average Bonchev–Trinajstić information content (AvgIpc) is 3.24. The minimum atomic E-state index is -0.491. The van der Waals surface area contributed by atoms with Crippen LogP contribution in [0.25, 0.3) is 22.6 Å². The number of imidazole rings is 1. The van der Waals surface area contributed by atoms with Crippen molar-refractivity contribution in [1.82, 2.24) is 28.8 Å². The third kappa shape index (κ3) is 2.76. The first-order chi connectivity index (χ1) is 12.9. The van der Waals surface area contributed by atoms with E-state index >= 15 is 0 Å². The van der Waals surface area contributed by atoms with E-state index in [9.17, 15) is 9.59 Å². The Morgan fingerprint density at radius 3 is 2.48 bits per heavy atom. The second-order valence-corrected chi connectivity index (χ2v) is 6.56. The zero-order chi connectivity index (χ0) is 19.3. The fraction of sp³-hybridized carbons (Fsp3) is 0.235. The number of fused-ring (bicyclic) bond motifs is 1. The summed E-state index contributed by atoms with van der Waals surface area (Å²) >= 11 is 6.21. The Bertz CT molecular complexity index is 1280. The minimum Gasteiger partial charge on any atom is -0.334 e. The second-order valence-electron chi connectivity index (χ2n) is 6.23. The lowest BCUT2D eigenvalue weighted by atomic mass is 10.1. The van der Waals surface area contributed by atoms with E-state index in [1.807, 2.05) is 31.2 Å². The van der Waals surface area contributed by atoms with Crippen LogP contribution in [-0.2, 0) is 20.6 Å². The van der Waals surface area contributed by atoms with Gasteiger partial charge in [-0.2, -0.15) is 9.97 Å². The molecule has 27 heavy (non-hydrogen) atoms. The molecule has 0 saturated heterocycles. The van der Waals surface area contributed by atoms with Gasteiger partial charge >= 0.3 is 5.69 Å². The summed E-state index contributed by atoms with van der Waals surface area (Å²) in [5.41, 5.74) is 1.35. The fourth-order valence-corrected chi connectivity index (χ4v) is 3.06. The summed E-state index contributed by atoms with van der Waals surface area (Å²) in [6, 6.07) is 7.67. The van der Waals surface area contributed by atoms with Gasteiger partial charge in [-0.05, 0) is 30.7 Å². The predicted molar refractivity (Wildman–Crippen MR) is 98.8 cm³/mol. The number of benzene rings is 1. The molecule has 0 saturated carbocycles. The summed E-state index contributed by atoms with van der Waals surface area (Å²) in [5.74, 6) is 0.702. The maximum absolute atomic E-state index is 12.6. The van der Waals surface area contributed by atoms with Crippen molar-refractivity contribution in [3.8, 4) is 11.5 Å². The highest BCUT2D eigenvalue weighted by atomic mass is 35.5. The zero-order valence-electron chi connectivity index (χ0n) is 14.8. The van der Waals surface area contributed by atoms with Crippen LogP contribution in [0.4, 0.5) is 0 Å². The molecule has 4 rings (SSSR count). The number of nitrogens with zero attached hydrogens (tertiary/aromatic N) is 6. The fourth-order valence-electron chi connectivity index (χ4n) is 2.84. The molecule has 9 nitrogen and oxygen atoms in total. The van der Waals surface area contributed by atoms with E-state index in [0.29, 0.717) is 11.7 Å². The van der Waals surface area contributed by atoms with Crippen LogP contribution in [0.3, 0.4) is 0 Å². The van der Waals surface area contributed by atoms with Crippen molar-refractivity contribution in [2.45, 2.75) is 13.5 Å². The molecule has 0 atom stereocenters. The SMILES string of the molecule is Cc1ccc(-c2nc(Cn3c(Cl)nc4c3c(=O)n(C)c(=O)n4C)no2)cc1. The molecule has 3 heterocycles. The third-order valence-electron chi connectivity index (χ3n) is 4.37. The lowest BCUT2D eigenvalue weighted by Gasteiger charge is -2.05. The number of aromatic nitrogens is 6.